The monoisotopic (exact) mass is 199 g/mol. The number of ketones is 1. The Labute approximate surface area is 84.0 Å². The lowest BCUT2D eigenvalue weighted by atomic mass is 10.1. The molecule has 0 aromatic carbocycles. The molecule has 80 valence electrons. The summed E-state index contributed by atoms with van der Waals surface area (Å²) in [5, 5.41) is 2.77. The summed E-state index contributed by atoms with van der Waals surface area (Å²) in [5.74, 6) is -0.317. The van der Waals surface area contributed by atoms with Gasteiger partial charge >= 0.3 is 0 Å². The summed E-state index contributed by atoms with van der Waals surface area (Å²) in [6.45, 7) is 4.10. The van der Waals surface area contributed by atoms with Gasteiger partial charge < -0.3 is 10.1 Å². The van der Waals surface area contributed by atoms with Gasteiger partial charge in [-0.3, -0.25) is 9.59 Å². The van der Waals surface area contributed by atoms with Gasteiger partial charge in [0.2, 0.25) is 5.91 Å². The lowest BCUT2D eigenvalue weighted by Gasteiger charge is -2.19. The fourth-order valence-corrected chi connectivity index (χ4v) is 1.62. The van der Waals surface area contributed by atoms with Gasteiger partial charge in [-0.15, -0.1) is 0 Å². The maximum absolute atomic E-state index is 11.2. The first kappa shape index (κ1) is 11.2. The number of amides is 1. The molecule has 1 saturated heterocycles. The third kappa shape index (κ3) is 3.46. The minimum Gasteiger partial charge on any atom is -0.376 e. The second-order valence-electron chi connectivity index (χ2n) is 3.79. The molecule has 1 fully saturated rings. The van der Waals surface area contributed by atoms with E-state index >= 15 is 0 Å². The molecule has 1 aliphatic heterocycles. The van der Waals surface area contributed by atoms with Gasteiger partial charge in [0.05, 0.1) is 18.6 Å². The van der Waals surface area contributed by atoms with Gasteiger partial charge in [0.1, 0.15) is 5.78 Å². The summed E-state index contributed by atoms with van der Waals surface area (Å²) in [4.78, 5) is 21.9. The fraction of sp³-hybridized carbons (Fsp3) is 0.800. The Kier molecular flexibility index (Phi) is 4.07. The number of rotatable bonds is 4. The van der Waals surface area contributed by atoms with E-state index in [1.54, 1.807) is 0 Å². The van der Waals surface area contributed by atoms with E-state index in [0.717, 1.165) is 19.4 Å². The van der Waals surface area contributed by atoms with Crippen molar-refractivity contribution in [2.75, 3.05) is 6.61 Å². The molecule has 2 atom stereocenters. The number of carbonyl (C=O) groups is 2. The van der Waals surface area contributed by atoms with E-state index in [-0.39, 0.29) is 30.3 Å². The fourth-order valence-electron chi connectivity index (χ4n) is 1.62. The number of carbonyl (C=O) groups excluding carboxylic acids is 2. The standard InChI is InChI=1S/C10H17NO3/c1-7(12)6-10(13)11-8(2)9-4-3-5-14-9/h8-9H,3-6H2,1-2H3,(H,11,13). The first-order valence-corrected chi connectivity index (χ1v) is 5.00. The van der Waals surface area contributed by atoms with Crippen LogP contribution < -0.4 is 5.32 Å². The molecule has 0 bridgehead atoms. The van der Waals surface area contributed by atoms with Gasteiger partial charge in [0.15, 0.2) is 0 Å². The molecular weight excluding hydrogens is 182 g/mol. The highest BCUT2D eigenvalue weighted by Gasteiger charge is 2.23. The van der Waals surface area contributed by atoms with E-state index in [2.05, 4.69) is 5.32 Å². The second-order valence-corrected chi connectivity index (χ2v) is 3.79. The predicted octanol–water partition coefficient (Wildman–Crippen LogP) is 0.649. The highest BCUT2D eigenvalue weighted by atomic mass is 16.5. The van der Waals surface area contributed by atoms with Crippen LogP contribution in [0.15, 0.2) is 0 Å². The van der Waals surface area contributed by atoms with Gasteiger partial charge in [-0.25, -0.2) is 0 Å². The Balaban J connectivity index is 2.28. The first-order valence-electron chi connectivity index (χ1n) is 5.00. The van der Waals surface area contributed by atoms with Gasteiger partial charge in [-0.1, -0.05) is 0 Å². The van der Waals surface area contributed by atoms with E-state index in [9.17, 15) is 9.59 Å². The molecule has 14 heavy (non-hydrogen) atoms. The minimum absolute atomic E-state index is 0.00403. The number of nitrogens with one attached hydrogen (secondary N) is 1. The van der Waals surface area contributed by atoms with Gasteiger partial charge in [-0.2, -0.15) is 0 Å². The second kappa shape index (κ2) is 5.10. The first-order chi connectivity index (χ1) is 6.59. The molecule has 0 spiro atoms. The van der Waals surface area contributed by atoms with Crippen molar-refractivity contribution in [2.45, 2.75) is 45.3 Å². The van der Waals surface area contributed by atoms with Crippen molar-refractivity contribution in [2.24, 2.45) is 0 Å². The summed E-state index contributed by atoms with van der Waals surface area (Å²) in [5.41, 5.74) is 0. The van der Waals surface area contributed by atoms with Crippen molar-refractivity contribution >= 4 is 11.7 Å². The van der Waals surface area contributed by atoms with Crippen LogP contribution in [0.1, 0.15) is 33.1 Å². The lowest BCUT2D eigenvalue weighted by molar-refractivity contribution is -0.128. The van der Waals surface area contributed by atoms with Crippen LogP contribution in [-0.4, -0.2) is 30.4 Å². The average molecular weight is 199 g/mol. The molecule has 1 aliphatic rings. The van der Waals surface area contributed by atoms with Crippen LogP contribution in [0.4, 0.5) is 0 Å². The van der Waals surface area contributed by atoms with Crippen LogP contribution in [0.2, 0.25) is 0 Å². The van der Waals surface area contributed by atoms with Crippen LogP contribution in [0.5, 0.6) is 0 Å². The molecule has 0 aromatic heterocycles. The number of hydrogen-bond acceptors (Lipinski definition) is 3. The van der Waals surface area contributed by atoms with Crippen LogP contribution in [0, 0.1) is 0 Å². The summed E-state index contributed by atoms with van der Waals surface area (Å²) in [6.07, 6.45) is 2.13. The van der Waals surface area contributed by atoms with Crippen molar-refractivity contribution < 1.29 is 14.3 Å². The van der Waals surface area contributed by atoms with E-state index < -0.39 is 0 Å². The van der Waals surface area contributed by atoms with Gasteiger partial charge in [0.25, 0.3) is 0 Å². The van der Waals surface area contributed by atoms with Crippen molar-refractivity contribution in [1.82, 2.24) is 5.32 Å². The van der Waals surface area contributed by atoms with E-state index in [1.165, 1.54) is 6.92 Å². The Hall–Kier alpha value is -0.900. The molecule has 2 unspecified atom stereocenters. The average Bonchev–Trinajstić information content (AvgIpc) is 2.53. The SMILES string of the molecule is CC(=O)CC(=O)NC(C)C1CCCO1. The molecule has 1 rings (SSSR count). The zero-order valence-corrected chi connectivity index (χ0v) is 8.71. The maximum Gasteiger partial charge on any atom is 0.227 e. The van der Waals surface area contributed by atoms with Crippen LogP contribution in [0.25, 0.3) is 0 Å². The van der Waals surface area contributed by atoms with E-state index in [4.69, 9.17) is 4.74 Å². The Morgan fingerprint density at radius 3 is 2.79 bits per heavy atom. The number of ether oxygens (including phenoxy) is 1. The number of Topliss-reactive ketones (excluding diaryl/α,β-unsaturated/α-hetero) is 1. The molecular formula is C10H17NO3. The smallest absolute Gasteiger partial charge is 0.227 e. The zero-order valence-electron chi connectivity index (χ0n) is 8.71. The zero-order chi connectivity index (χ0) is 10.6. The van der Waals surface area contributed by atoms with Crippen molar-refractivity contribution in [1.29, 1.82) is 0 Å². The third-order valence-electron chi connectivity index (χ3n) is 2.32. The van der Waals surface area contributed by atoms with Crippen molar-refractivity contribution in [3.8, 4) is 0 Å². The quantitative estimate of drug-likeness (QED) is 0.676. The maximum atomic E-state index is 11.2. The molecule has 0 saturated carbocycles. The highest BCUT2D eigenvalue weighted by molar-refractivity contribution is 5.96. The van der Waals surface area contributed by atoms with Crippen molar-refractivity contribution in [3.63, 3.8) is 0 Å². The number of hydrogen-bond donors (Lipinski definition) is 1. The molecule has 4 heteroatoms. The minimum atomic E-state index is -0.208. The largest absolute Gasteiger partial charge is 0.376 e. The van der Waals surface area contributed by atoms with E-state index in [0.29, 0.717) is 0 Å². The Morgan fingerprint density at radius 1 is 1.57 bits per heavy atom. The summed E-state index contributed by atoms with van der Waals surface area (Å²) in [7, 11) is 0. The highest BCUT2D eigenvalue weighted by Crippen LogP contribution is 2.15. The Morgan fingerprint density at radius 2 is 2.29 bits per heavy atom. The topological polar surface area (TPSA) is 55.4 Å². The summed E-state index contributed by atoms with van der Waals surface area (Å²) >= 11 is 0. The summed E-state index contributed by atoms with van der Waals surface area (Å²) in [6, 6.07) is 0.00403. The van der Waals surface area contributed by atoms with Crippen LogP contribution in [-0.2, 0) is 14.3 Å². The molecule has 0 radical (unpaired) electrons. The predicted molar refractivity (Wildman–Crippen MR) is 51.9 cm³/mol. The summed E-state index contributed by atoms with van der Waals surface area (Å²) < 4.78 is 5.42. The van der Waals surface area contributed by atoms with Gasteiger partial charge in [-0.05, 0) is 26.7 Å². The molecule has 1 N–H and O–H groups in total. The molecule has 1 heterocycles. The molecule has 0 aliphatic carbocycles. The molecule has 1 amide bonds. The van der Waals surface area contributed by atoms with Crippen LogP contribution in [0.3, 0.4) is 0 Å². The normalized spacial score (nSPS) is 23.1. The lowest BCUT2D eigenvalue weighted by Crippen LogP contribution is -2.41. The third-order valence-corrected chi connectivity index (χ3v) is 2.32. The molecule has 0 aromatic rings. The van der Waals surface area contributed by atoms with Crippen molar-refractivity contribution in [3.05, 3.63) is 0 Å². The molecule has 4 nitrogen and oxygen atoms in total. The van der Waals surface area contributed by atoms with E-state index in [1.807, 2.05) is 6.92 Å². The van der Waals surface area contributed by atoms with Crippen LogP contribution >= 0.6 is 0 Å². The Bertz CT molecular complexity index is 221. The van der Waals surface area contributed by atoms with Gasteiger partial charge in [0, 0.05) is 6.61 Å².